The predicted molar refractivity (Wildman–Crippen MR) is 58.1 cm³/mol. The molecular weight excluding hydrogens is 267 g/mol. The summed E-state index contributed by atoms with van der Waals surface area (Å²) in [5.41, 5.74) is 0. The first kappa shape index (κ1) is 10.5. The lowest BCUT2D eigenvalue weighted by atomic mass is 9.90. The zero-order valence-corrected chi connectivity index (χ0v) is 10.1. The molecule has 1 aliphatic rings. The number of thiol groups is 1. The fourth-order valence-electron chi connectivity index (χ4n) is 1.40. The Morgan fingerprint density at radius 1 is 1.18 bits per heavy atom. The van der Waals surface area contributed by atoms with Gasteiger partial charge in [0, 0.05) is 11.2 Å². The summed E-state index contributed by atoms with van der Waals surface area (Å²) in [6.07, 6.45) is 4.40. The van der Waals surface area contributed by atoms with Gasteiger partial charge < -0.3 is 0 Å². The Balaban J connectivity index is 2.39. The Bertz CT molecular complexity index is 127. The number of hydrogen-bond donors (Lipinski definition) is 1. The molecule has 0 saturated heterocycles. The van der Waals surface area contributed by atoms with Crippen LogP contribution in [0.1, 0.15) is 25.7 Å². The van der Waals surface area contributed by atoms with Crippen molar-refractivity contribution in [1.29, 1.82) is 0 Å². The largest absolute Gasteiger partial charge is 0.176 e. The van der Waals surface area contributed by atoms with E-state index >= 15 is 0 Å². The molecule has 1 saturated carbocycles. The number of halogens is 3. The Morgan fingerprint density at radius 3 is 2.00 bits per heavy atom. The molecule has 0 unspecified atom stereocenters. The molecule has 1 rings (SSSR count). The molecule has 0 amide bonds. The molecule has 1 aliphatic carbocycles. The van der Waals surface area contributed by atoms with E-state index in [-0.39, 0.29) is 0 Å². The summed E-state index contributed by atoms with van der Waals surface area (Å²) in [4.78, 5) is 0. The van der Waals surface area contributed by atoms with Gasteiger partial charge >= 0.3 is 0 Å². The minimum atomic E-state index is -0.721. The summed E-state index contributed by atoms with van der Waals surface area (Å²) in [5, 5.41) is 0.550. The van der Waals surface area contributed by atoms with Crippen molar-refractivity contribution in [3.05, 3.63) is 0 Å². The maximum absolute atomic E-state index is 5.92. The molecule has 0 aromatic carbocycles. The fourth-order valence-corrected chi connectivity index (χ4v) is 2.60. The number of hydrogen-bond acceptors (Lipinski definition) is 1. The minimum Gasteiger partial charge on any atom is -0.176 e. The van der Waals surface area contributed by atoms with Gasteiger partial charge in [-0.05, 0) is 41.6 Å². The highest BCUT2D eigenvalue weighted by atomic mass is 79.9. The third kappa shape index (κ3) is 3.33. The fraction of sp³-hybridized carbons (Fsp3) is 1.00. The molecule has 0 N–H and O–H groups in total. The van der Waals surface area contributed by atoms with Crippen LogP contribution in [0.4, 0.5) is 0 Å². The van der Waals surface area contributed by atoms with Crippen LogP contribution in [0.15, 0.2) is 0 Å². The van der Waals surface area contributed by atoms with E-state index in [1.807, 2.05) is 0 Å². The Hall–Kier alpha value is 1.41. The molecule has 0 spiro atoms. The van der Waals surface area contributed by atoms with Crippen LogP contribution in [0, 0.1) is 5.92 Å². The van der Waals surface area contributed by atoms with Crippen LogP contribution in [-0.4, -0.2) is 8.49 Å². The molecular formula is C7H11BrCl2S. The highest BCUT2D eigenvalue weighted by Crippen LogP contribution is 2.45. The van der Waals surface area contributed by atoms with Gasteiger partial charge in [-0.3, -0.25) is 0 Å². The van der Waals surface area contributed by atoms with E-state index in [1.54, 1.807) is 0 Å². The second-order valence-corrected chi connectivity index (χ2v) is 7.33. The first-order valence-corrected chi connectivity index (χ1v) is 5.81. The van der Waals surface area contributed by atoms with Gasteiger partial charge in [0.15, 0.2) is 3.24 Å². The second kappa shape index (κ2) is 4.08. The SMILES string of the molecule is SC1CCC(C(Cl)(Cl)Br)CC1. The van der Waals surface area contributed by atoms with Gasteiger partial charge in [0.2, 0.25) is 0 Å². The van der Waals surface area contributed by atoms with E-state index in [1.165, 1.54) is 0 Å². The van der Waals surface area contributed by atoms with Crippen molar-refractivity contribution in [1.82, 2.24) is 0 Å². The van der Waals surface area contributed by atoms with Crippen LogP contribution in [0.25, 0.3) is 0 Å². The Kier molecular flexibility index (Phi) is 3.89. The highest BCUT2D eigenvalue weighted by molar-refractivity contribution is 9.11. The quantitative estimate of drug-likeness (QED) is 0.544. The summed E-state index contributed by atoms with van der Waals surface area (Å²) >= 11 is 19.5. The average molecular weight is 278 g/mol. The molecule has 0 aliphatic heterocycles. The maximum Gasteiger partial charge on any atom is 0.174 e. The maximum atomic E-state index is 5.92. The number of rotatable bonds is 1. The van der Waals surface area contributed by atoms with E-state index in [2.05, 4.69) is 28.6 Å². The van der Waals surface area contributed by atoms with Crippen LogP contribution < -0.4 is 0 Å². The first-order chi connectivity index (χ1) is 5.00. The Labute approximate surface area is 91.6 Å². The standard InChI is InChI=1S/C7H11BrCl2S/c8-7(9,10)5-1-3-6(11)4-2-5/h5-6,11H,1-4H2. The zero-order valence-electron chi connectivity index (χ0n) is 6.06. The van der Waals surface area contributed by atoms with Crippen LogP contribution >= 0.6 is 51.8 Å². The van der Waals surface area contributed by atoms with E-state index in [4.69, 9.17) is 23.2 Å². The van der Waals surface area contributed by atoms with E-state index in [0.29, 0.717) is 11.2 Å². The molecule has 0 aromatic heterocycles. The van der Waals surface area contributed by atoms with Gasteiger partial charge in [-0.25, -0.2) is 0 Å². The molecule has 0 heterocycles. The molecule has 0 atom stereocenters. The summed E-state index contributed by atoms with van der Waals surface area (Å²) in [7, 11) is 0. The topological polar surface area (TPSA) is 0 Å². The molecule has 0 radical (unpaired) electrons. The lowest BCUT2D eigenvalue weighted by molar-refractivity contribution is 0.376. The molecule has 1 fully saturated rings. The summed E-state index contributed by atoms with van der Waals surface area (Å²) in [6.45, 7) is 0. The van der Waals surface area contributed by atoms with Crippen molar-refractivity contribution < 1.29 is 0 Å². The molecule has 4 heteroatoms. The van der Waals surface area contributed by atoms with E-state index in [9.17, 15) is 0 Å². The van der Waals surface area contributed by atoms with Gasteiger partial charge in [0.25, 0.3) is 0 Å². The van der Waals surface area contributed by atoms with E-state index < -0.39 is 3.24 Å². The zero-order chi connectivity index (χ0) is 8.48. The molecule has 0 nitrogen and oxygen atoms in total. The van der Waals surface area contributed by atoms with Gasteiger partial charge in [-0.15, -0.1) is 0 Å². The van der Waals surface area contributed by atoms with Gasteiger partial charge in [-0.2, -0.15) is 12.6 Å². The van der Waals surface area contributed by atoms with Crippen LogP contribution in [0.5, 0.6) is 0 Å². The third-order valence-electron chi connectivity index (χ3n) is 2.16. The van der Waals surface area contributed by atoms with E-state index in [0.717, 1.165) is 25.7 Å². The smallest absolute Gasteiger partial charge is 0.174 e. The highest BCUT2D eigenvalue weighted by Gasteiger charge is 2.34. The lowest BCUT2D eigenvalue weighted by Gasteiger charge is -2.30. The Morgan fingerprint density at radius 2 is 1.64 bits per heavy atom. The second-order valence-electron chi connectivity index (χ2n) is 3.05. The van der Waals surface area contributed by atoms with Crippen molar-refractivity contribution in [2.24, 2.45) is 5.92 Å². The predicted octanol–water partition coefficient (Wildman–Crippen LogP) is 4.00. The lowest BCUT2D eigenvalue weighted by Crippen LogP contribution is -2.24. The van der Waals surface area contributed by atoms with Crippen molar-refractivity contribution in [3.63, 3.8) is 0 Å². The minimum absolute atomic E-state index is 0.384. The third-order valence-corrected chi connectivity index (χ3v) is 3.94. The van der Waals surface area contributed by atoms with Crippen molar-refractivity contribution >= 4 is 51.8 Å². The molecule has 0 aromatic rings. The van der Waals surface area contributed by atoms with Crippen LogP contribution in [-0.2, 0) is 0 Å². The van der Waals surface area contributed by atoms with Crippen molar-refractivity contribution in [2.45, 2.75) is 34.2 Å². The first-order valence-electron chi connectivity index (χ1n) is 3.75. The molecule has 0 bridgehead atoms. The average Bonchev–Trinajstić information content (AvgIpc) is 1.86. The molecule has 11 heavy (non-hydrogen) atoms. The van der Waals surface area contributed by atoms with Crippen molar-refractivity contribution in [3.8, 4) is 0 Å². The number of alkyl halides is 3. The van der Waals surface area contributed by atoms with Gasteiger partial charge in [0.1, 0.15) is 0 Å². The summed E-state index contributed by atoms with van der Waals surface area (Å²) in [6, 6.07) is 0. The van der Waals surface area contributed by atoms with Gasteiger partial charge in [-0.1, -0.05) is 23.2 Å². The molecule has 66 valence electrons. The summed E-state index contributed by atoms with van der Waals surface area (Å²) in [5.74, 6) is 0.384. The summed E-state index contributed by atoms with van der Waals surface area (Å²) < 4.78 is -0.721. The van der Waals surface area contributed by atoms with Crippen molar-refractivity contribution in [2.75, 3.05) is 0 Å². The van der Waals surface area contributed by atoms with Crippen LogP contribution in [0.3, 0.4) is 0 Å². The van der Waals surface area contributed by atoms with Gasteiger partial charge in [0.05, 0.1) is 0 Å². The normalized spacial score (nSPS) is 33.8. The monoisotopic (exact) mass is 276 g/mol. The van der Waals surface area contributed by atoms with Crippen LogP contribution in [0.2, 0.25) is 0 Å².